The first-order valence-corrected chi connectivity index (χ1v) is 6.92. The molecule has 2 aromatic rings. The number of fused-ring (bicyclic) bond motifs is 1. The van der Waals surface area contributed by atoms with Gasteiger partial charge < -0.3 is 14.2 Å². The topological polar surface area (TPSA) is 44.8 Å². The zero-order chi connectivity index (χ0) is 15.5. The molecule has 0 unspecified atom stereocenters. The fourth-order valence-electron chi connectivity index (χ4n) is 2.47. The van der Waals surface area contributed by atoms with Crippen molar-refractivity contribution in [3.8, 4) is 11.5 Å². The average molecular weight is 296 g/mol. The van der Waals surface area contributed by atoms with Crippen LogP contribution in [0.3, 0.4) is 0 Å². The second kappa shape index (κ2) is 5.93. The number of carbonyl (C=O) groups is 1. The number of esters is 1. The average Bonchev–Trinajstić information content (AvgIpc) is 2.57. The Labute approximate surface area is 128 Å². The zero-order valence-corrected chi connectivity index (χ0v) is 12.5. The molecule has 0 radical (unpaired) electrons. The van der Waals surface area contributed by atoms with Crippen LogP contribution in [0, 0.1) is 0 Å². The van der Waals surface area contributed by atoms with Gasteiger partial charge in [-0.25, -0.2) is 4.79 Å². The van der Waals surface area contributed by atoms with Crippen LogP contribution in [0.2, 0.25) is 0 Å². The molecule has 4 heteroatoms. The van der Waals surface area contributed by atoms with E-state index in [4.69, 9.17) is 14.2 Å². The molecule has 0 fully saturated rings. The lowest BCUT2D eigenvalue weighted by molar-refractivity contribution is -0.138. The highest BCUT2D eigenvalue weighted by Crippen LogP contribution is 2.37. The monoisotopic (exact) mass is 296 g/mol. The number of benzene rings is 2. The third-order valence-corrected chi connectivity index (χ3v) is 3.59. The van der Waals surface area contributed by atoms with Gasteiger partial charge in [0.15, 0.2) is 11.5 Å². The predicted molar refractivity (Wildman–Crippen MR) is 83.7 cm³/mol. The normalized spacial score (nSPS) is 15.2. The second-order valence-electron chi connectivity index (χ2n) is 4.91. The van der Waals surface area contributed by atoms with Crippen molar-refractivity contribution in [2.45, 2.75) is 6.61 Å². The maximum atomic E-state index is 12.2. The SMILES string of the molecule is COc1cc2c(cc1OC)C(=Cc1ccccc1)C(=O)OC2. The van der Waals surface area contributed by atoms with Crippen LogP contribution in [0.15, 0.2) is 42.5 Å². The number of ether oxygens (including phenoxy) is 3. The molecule has 0 N–H and O–H groups in total. The van der Waals surface area contributed by atoms with Crippen LogP contribution in [0.25, 0.3) is 11.6 Å². The van der Waals surface area contributed by atoms with E-state index in [-0.39, 0.29) is 12.6 Å². The first kappa shape index (κ1) is 14.2. The minimum absolute atomic E-state index is 0.237. The number of hydrogen-bond donors (Lipinski definition) is 0. The van der Waals surface area contributed by atoms with Crippen molar-refractivity contribution in [3.63, 3.8) is 0 Å². The summed E-state index contributed by atoms with van der Waals surface area (Å²) in [6.07, 6.45) is 1.83. The largest absolute Gasteiger partial charge is 0.493 e. The molecule has 0 bridgehead atoms. The lowest BCUT2D eigenvalue weighted by atomic mass is 9.95. The first-order chi connectivity index (χ1) is 10.7. The van der Waals surface area contributed by atoms with Crippen LogP contribution in [0.1, 0.15) is 16.7 Å². The third kappa shape index (κ3) is 2.55. The van der Waals surface area contributed by atoms with E-state index < -0.39 is 0 Å². The maximum absolute atomic E-state index is 12.2. The van der Waals surface area contributed by atoms with Gasteiger partial charge in [0.2, 0.25) is 0 Å². The van der Waals surface area contributed by atoms with Crippen molar-refractivity contribution in [1.29, 1.82) is 0 Å². The maximum Gasteiger partial charge on any atom is 0.339 e. The summed E-state index contributed by atoms with van der Waals surface area (Å²) in [6, 6.07) is 13.3. The van der Waals surface area contributed by atoms with Gasteiger partial charge in [0.1, 0.15) is 6.61 Å². The molecular weight excluding hydrogens is 280 g/mol. The Morgan fingerprint density at radius 3 is 2.41 bits per heavy atom. The highest BCUT2D eigenvalue weighted by Gasteiger charge is 2.25. The van der Waals surface area contributed by atoms with Crippen LogP contribution in [0.5, 0.6) is 11.5 Å². The van der Waals surface area contributed by atoms with Gasteiger partial charge in [-0.15, -0.1) is 0 Å². The molecule has 0 saturated carbocycles. The van der Waals surface area contributed by atoms with Gasteiger partial charge in [0.25, 0.3) is 0 Å². The Bertz CT molecular complexity index is 732. The van der Waals surface area contributed by atoms with Gasteiger partial charge in [0, 0.05) is 5.56 Å². The van der Waals surface area contributed by atoms with E-state index in [1.54, 1.807) is 14.2 Å². The van der Waals surface area contributed by atoms with Crippen molar-refractivity contribution in [3.05, 3.63) is 59.2 Å². The molecule has 112 valence electrons. The van der Waals surface area contributed by atoms with E-state index in [0.717, 1.165) is 16.7 Å². The summed E-state index contributed by atoms with van der Waals surface area (Å²) in [5, 5.41) is 0. The molecule has 4 nitrogen and oxygen atoms in total. The minimum Gasteiger partial charge on any atom is -0.493 e. The van der Waals surface area contributed by atoms with Crippen molar-refractivity contribution < 1.29 is 19.0 Å². The molecule has 0 spiro atoms. The summed E-state index contributed by atoms with van der Waals surface area (Å²) in [5.74, 6) is 0.886. The smallest absolute Gasteiger partial charge is 0.339 e. The third-order valence-electron chi connectivity index (χ3n) is 3.59. The lowest BCUT2D eigenvalue weighted by Crippen LogP contribution is -2.15. The fourth-order valence-corrected chi connectivity index (χ4v) is 2.47. The molecule has 22 heavy (non-hydrogen) atoms. The van der Waals surface area contributed by atoms with E-state index in [1.165, 1.54) is 0 Å². The Hall–Kier alpha value is -2.75. The van der Waals surface area contributed by atoms with Crippen LogP contribution >= 0.6 is 0 Å². The molecule has 1 aliphatic heterocycles. The van der Waals surface area contributed by atoms with Crippen LogP contribution in [-0.4, -0.2) is 20.2 Å². The molecule has 1 heterocycles. The summed E-state index contributed by atoms with van der Waals surface area (Å²) in [5.41, 5.74) is 3.18. The Morgan fingerprint density at radius 2 is 1.73 bits per heavy atom. The summed E-state index contributed by atoms with van der Waals surface area (Å²) in [6.45, 7) is 0.237. The molecule has 0 atom stereocenters. The predicted octanol–water partition coefficient (Wildman–Crippen LogP) is 3.30. The second-order valence-corrected chi connectivity index (χ2v) is 4.91. The molecular formula is C18H16O4. The summed E-state index contributed by atoms with van der Waals surface area (Å²) in [7, 11) is 3.16. The Kier molecular flexibility index (Phi) is 3.83. The molecule has 3 rings (SSSR count). The van der Waals surface area contributed by atoms with Gasteiger partial charge in [-0.3, -0.25) is 0 Å². The van der Waals surface area contributed by atoms with Gasteiger partial charge in [-0.05, 0) is 29.3 Å². The van der Waals surface area contributed by atoms with Crippen LogP contribution in [0.4, 0.5) is 0 Å². The van der Waals surface area contributed by atoms with Crippen LogP contribution < -0.4 is 9.47 Å². The van der Waals surface area contributed by atoms with Gasteiger partial charge in [0.05, 0.1) is 19.8 Å². The molecule has 0 amide bonds. The van der Waals surface area contributed by atoms with Gasteiger partial charge in [-0.2, -0.15) is 0 Å². The summed E-state index contributed by atoms with van der Waals surface area (Å²) in [4.78, 5) is 12.2. The highest BCUT2D eigenvalue weighted by atomic mass is 16.5. The number of rotatable bonds is 3. The Morgan fingerprint density at radius 1 is 1.05 bits per heavy atom. The van der Waals surface area contributed by atoms with Crippen LogP contribution in [-0.2, 0) is 16.1 Å². The van der Waals surface area contributed by atoms with Crippen molar-refractivity contribution in [2.24, 2.45) is 0 Å². The van der Waals surface area contributed by atoms with Gasteiger partial charge in [-0.1, -0.05) is 30.3 Å². The first-order valence-electron chi connectivity index (χ1n) is 6.92. The van der Waals surface area contributed by atoms with Crippen molar-refractivity contribution in [2.75, 3.05) is 14.2 Å². The number of carbonyl (C=O) groups excluding carboxylic acids is 1. The van der Waals surface area contributed by atoms with Gasteiger partial charge >= 0.3 is 5.97 Å². The summed E-state index contributed by atoms with van der Waals surface area (Å²) < 4.78 is 15.9. The number of methoxy groups -OCH3 is 2. The highest BCUT2D eigenvalue weighted by molar-refractivity contribution is 6.22. The molecule has 0 aromatic heterocycles. The van der Waals surface area contributed by atoms with E-state index in [1.807, 2.05) is 48.5 Å². The van der Waals surface area contributed by atoms with E-state index in [9.17, 15) is 4.79 Å². The van der Waals surface area contributed by atoms with E-state index >= 15 is 0 Å². The molecule has 1 aliphatic rings. The fraction of sp³-hybridized carbons (Fsp3) is 0.167. The zero-order valence-electron chi connectivity index (χ0n) is 12.5. The van der Waals surface area contributed by atoms with Crippen molar-refractivity contribution >= 4 is 17.6 Å². The number of cyclic esters (lactones) is 1. The lowest BCUT2D eigenvalue weighted by Gasteiger charge is -2.21. The molecule has 0 saturated heterocycles. The number of hydrogen-bond acceptors (Lipinski definition) is 4. The minimum atomic E-state index is -0.330. The van der Waals surface area contributed by atoms with E-state index in [2.05, 4.69) is 0 Å². The molecule has 2 aromatic carbocycles. The Balaban J connectivity index is 2.14. The summed E-state index contributed by atoms with van der Waals surface area (Å²) >= 11 is 0. The van der Waals surface area contributed by atoms with Crippen molar-refractivity contribution in [1.82, 2.24) is 0 Å². The van der Waals surface area contributed by atoms with E-state index in [0.29, 0.717) is 17.1 Å². The quantitative estimate of drug-likeness (QED) is 0.644. The standard InChI is InChI=1S/C18H16O4/c1-20-16-9-13-11-22-18(19)15(14(13)10-17(16)21-2)8-12-6-4-3-5-7-12/h3-10H,11H2,1-2H3. The molecule has 0 aliphatic carbocycles.